The number of Topliss-reactive ketones (excluding diaryl/α,β-unsaturated/α-hetero) is 1. The average Bonchev–Trinajstić information content (AvgIpc) is 2.30. The van der Waals surface area contributed by atoms with E-state index in [0.29, 0.717) is 12.8 Å². The maximum atomic E-state index is 11.2. The number of aliphatic carboxylic acids is 2. The minimum atomic E-state index is -1.23. The van der Waals surface area contributed by atoms with Crippen LogP contribution in [-0.4, -0.2) is 39.9 Å². The van der Waals surface area contributed by atoms with Gasteiger partial charge in [-0.25, -0.2) is 4.79 Å². The van der Waals surface area contributed by atoms with Crippen molar-refractivity contribution >= 4 is 23.6 Å². The van der Waals surface area contributed by atoms with Crippen LogP contribution < -0.4 is 5.32 Å². The number of hydrogen-bond donors (Lipinski definition) is 3. The van der Waals surface area contributed by atoms with Crippen molar-refractivity contribution in [1.82, 2.24) is 5.32 Å². The van der Waals surface area contributed by atoms with Gasteiger partial charge in [0, 0.05) is 12.8 Å². The number of carboxylic acids is 2. The van der Waals surface area contributed by atoms with E-state index in [2.05, 4.69) is 5.32 Å². The van der Waals surface area contributed by atoms with Gasteiger partial charge in [0.05, 0.1) is 0 Å². The van der Waals surface area contributed by atoms with Crippen LogP contribution in [0.1, 0.15) is 39.0 Å². The van der Waals surface area contributed by atoms with Gasteiger partial charge in [-0.1, -0.05) is 13.3 Å². The standard InChI is InChI=1S/C11H17NO6/c1-2-8(13)10(16)12-7(11(17)18)5-3-4-6-9(14)15/h7H,2-6H2,1H3,(H,12,16)(H,14,15)(H,17,18)/t7-/m0/s1. The van der Waals surface area contributed by atoms with E-state index in [0.717, 1.165) is 0 Å². The molecule has 0 aliphatic heterocycles. The molecule has 0 rings (SSSR count). The molecule has 0 aliphatic carbocycles. The molecule has 0 aromatic carbocycles. The molecular weight excluding hydrogens is 242 g/mol. The lowest BCUT2D eigenvalue weighted by atomic mass is 10.1. The Morgan fingerprint density at radius 1 is 1.11 bits per heavy atom. The van der Waals surface area contributed by atoms with Crippen molar-refractivity contribution in [3.8, 4) is 0 Å². The van der Waals surface area contributed by atoms with Crippen LogP contribution in [0.25, 0.3) is 0 Å². The first-order chi connectivity index (χ1) is 8.38. The van der Waals surface area contributed by atoms with Gasteiger partial charge in [-0.05, 0) is 12.8 Å². The summed E-state index contributed by atoms with van der Waals surface area (Å²) in [6, 6.07) is -1.15. The highest BCUT2D eigenvalue weighted by Gasteiger charge is 2.22. The molecule has 1 amide bonds. The van der Waals surface area contributed by atoms with Crippen LogP contribution in [0.4, 0.5) is 0 Å². The van der Waals surface area contributed by atoms with Crippen LogP contribution in [0.5, 0.6) is 0 Å². The van der Waals surface area contributed by atoms with E-state index in [1.807, 2.05) is 0 Å². The van der Waals surface area contributed by atoms with Crippen molar-refractivity contribution in [2.24, 2.45) is 0 Å². The molecule has 1 atom stereocenters. The summed E-state index contributed by atoms with van der Waals surface area (Å²) in [5.41, 5.74) is 0. The van der Waals surface area contributed by atoms with E-state index in [-0.39, 0.29) is 19.3 Å². The number of amides is 1. The Hall–Kier alpha value is -1.92. The molecular formula is C11H17NO6. The van der Waals surface area contributed by atoms with Gasteiger partial charge in [0.25, 0.3) is 5.91 Å². The Morgan fingerprint density at radius 2 is 1.72 bits per heavy atom. The molecule has 102 valence electrons. The molecule has 0 unspecified atom stereocenters. The fourth-order valence-corrected chi connectivity index (χ4v) is 1.28. The molecule has 0 aliphatic rings. The SMILES string of the molecule is CCC(=O)C(=O)N[C@@H](CCCCC(=O)O)C(=O)O. The van der Waals surface area contributed by atoms with Crippen molar-refractivity contribution < 1.29 is 29.4 Å². The molecule has 18 heavy (non-hydrogen) atoms. The molecule has 0 bridgehead atoms. The second-order valence-electron chi connectivity index (χ2n) is 3.78. The minimum Gasteiger partial charge on any atom is -0.481 e. The van der Waals surface area contributed by atoms with E-state index >= 15 is 0 Å². The lowest BCUT2D eigenvalue weighted by Crippen LogP contribution is -2.43. The summed E-state index contributed by atoms with van der Waals surface area (Å²) >= 11 is 0. The Bertz CT molecular complexity index is 338. The normalized spacial score (nSPS) is 11.6. The van der Waals surface area contributed by atoms with Gasteiger partial charge in [-0.3, -0.25) is 14.4 Å². The van der Waals surface area contributed by atoms with Gasteiger partial charge in [-0.15, -0.1) is 0 Å². The molecule has 0 saturated carbocycles. The predicted octanol–water partition coefficient (Wildman–Crippen LogP) is 0.180. The fourth-order valence-electron chi connectivity index (χ4n) is 1.28. The highest BCUT2D eigenvalue weighted by molar-refractivity contribution is 6.36. The maximum Gasteiger partial charge on any atom is 0.326 e. The number of carboxylic acid groups (broad SMARTS) is 2. The second kappa shape index (κ2) is 8.21. The lowest BCUT2D eigenvalue weighted by Gasteiger charge is -2.13. The first-order valence-corrected chi connectivity index (χ1v) is 5.66. The first kappa shape index (κ1) is 16.1. The van der Waals surface area contributed by atoms with E-state index in [1.165, 1.54) is 6.92 Å². The molecule has 0 saturated heterocycles. The van der Waals surface area contributed by atoms with Crippen LogP contribution >= 0.6 is 0 Å². The number of unbranched alkanes of at least 4 members (excludes halogenated alkanes) is 1. The van der Waals surface area contributed by atoms with Crippen molar-refractivity contribution in [2.75, 3.05) is 0 Å². The summed E-state index contributed by atoms with van der Waals surface area (Å²) in [4.78, 5) is 43.3. The number of ketones is 1. The van der Waals surface area contributed by atoms with Gasteiger partial charge in [0.15, 0.2) is 0 Å². The van der Waals surface area contributed by atoms with Gasteiger partial charge < -0.3 is 15.5 Å². The van der Waals surface area contributed by atoms with Crippen LogP contribution in [-0.2, 0) is 19.2 Å². The molecule has 7 heteroatoms. The molecule has 0 fully saturated rings. The Labute approximate surface area is 104 Å². The summed E-state index contributed by atoms with van der Waals surface area (Å²) < 4.78 is 0. The molecule has 0 aromatic heterocycles. The Balaban J connectivity index is 4.15. The largest absolute Gasteiger partial charge is 0.481 e. The van der Waals surface area contributed by atoms with Crippen LogP contribution in [0.2, 0.25) is 0 Å². The predicted molar refractivity (Wildman–Crippen MR) is 61.0 cm³/mol. The molecule has 7 nitrogen and oxygen atoms in total. The summed E-state index contributed by atoms with van der Waals surface area (Å²) in [5.74, 6) is -3.77. The van der Waals surface area contributed by atoms with Gasteiger partial charge in [0.2, 0.25) is 5.78 Å². The van der Waals surface area contributed by atoms with Crippen molar-refractivity contribution in [3.63, 3.8) is 0 Å². The summed E-state index contributed by atoms with van der Waals surface area (Å²) in [6.07, 6.45) is 0.747. The third-order valence-corrected chi connectivity index (χ3v) is 2.31. The third kappa shape index (κ3) is 6.62. The van der Waals surface area contributed by atoms with Gasteiger partial charge in [-0.2, -0.15) is 0 Å². The van der Waals surface area contributed by atoms with Crippen LogP contribution in [0.15, 0.2) is 0 Å². The maximum absolute atomic E-state index is 11.2. The van der Waals surface area contributed by atoms with Crippen LogP contribution in [0.3, 0.4) is 0 Å². The molecule has 3 N–H and O–H groups in total. The Kier molecular flexibility index (Phi) is 7.34. The molecule has 0 aromatic rings. The number of carbonyl (C=O) groups is 4. The van der Waals surface area contributed by atoms with Gasteiger partial charge >= 0.3 is 11.9 Å². The van der Waals surface area contributed by atoms with E-state index < -0.39 is 29.7 Å². The monoisotopic (exact) mass is 259 g/mol. The molecule has 0 spiro atoms. The lowest BCUT2D eigenvalue weighted by molar-refractivity contribution is -0.144. The summed E-state index contributed by atoms with van der Waals surface area (Å²) in [5, 5.41) is 19.4. The highest BCUT2D eigenvalue weighted by Crippen LogP contribution is 2.04. The zero-order valence-corrected chi connectivity index (χ0v) is 10.1. The quantitative estimate of drug-likeness (QED) is 0.401. The smallest absolute Gasteiger partial charge is 0.326 e. The van der Waals surface area contributed by atoms with Crippen molar-refractivity contribution in [3.05, 3.63) is 0 Å². The van der Waals surface area contributed by atoms with E-state index in [1.54, 1.807) is 0 Å². The second-order valence-corrected chi connectivity index (χ2v) is 3.78. The van der Waals surface area contributed by atoms with E-state index in [4.69, 9.17) is 10.2 Å². The summed E-state index contributed by atoms with van der Waals surface area (Å²) in [7, 11) is 0. The molecule has 0 radical (unpaired) electrons. The summed E-state index contributed by atoms with van der Waals surface area (Å²) in [6.45, 7) is 1.50. The minimum absolute atomic E-state index is 0.0111. The first-order valence-electron chi connectivity index (χ1n) is 5.66. The van der Waals surface area contributed by atoms with Crippen molar-refractivity contribution in [1.29, 1.82) is 0 Å². The van der Waals surface area contributed by atoms with E-state index in [9.17, 15) is 19.2 Å². The number of carbonyl (C=O) groups excluding carboxylic acids is 2. The Morgan fingerprint density at radius 3 is 2.17 bits per heavy atom. The number of hydrogen-bond acceptors (Lipinski definition) is 4. The van der Waals surface area contributed by atoms with Gasteiger partial charge in [0.1, 0.15) is 6.04 Å². The third-order valence-electron chi connectivity index (χ3n) is 2.31. The van der Waals surface area contributed by atoms with Crippen LogP contribution in [0, 0.1) is 0 Å². The topological polar surface area (TPSA) is 121 Å². The number of rotatable bonds is 9. The zero-order chi connectivity index (χ0) is 14.1. The zero-order valence-electron chi connectivity index (χ0n) is 10.1. The van der Waals surface area contributed by atoms with Crippen molar-refractivity contribution in [2.45, 2.75) is 45.1 Å². The highest BCUT2D eigenvalue weighted by atomic mass is 16.4. The fraction of sp³-hybridized carbons (Fsp3) is 0.636. The molecule has 0 heterocycles. The number of nitrogens with one attached hydrogen (secondary N) is 1. The average molecular weight is 259 g/mol.